The van der Waals surface area contributed by atoms with E-state index in [1.54, 1.807) is 14.2 Å². The molecular weight excluding hydrogens is 206 g/mol. The average Bonchev–Trinajstić information content (AvgIpc) is 2.27. The molecule has 0 aromatic heterocycles. The van der Waals surface area contributed by atoms with E-state index in [0.717, 1.165) is 17.7 Å². The van der Waals surface area contributed by atoms with Gasteiger partial charge in [-0.05, 0) is 30.3 Å². The maximum absolute atomic E-state index is 9.98. The maximum Gasteiger partial charge on any atom is 0.161 e. The number of β-amino-alcohol motifs (C(OH)–C–C–N with tert-alkyl or cyclic N) is 1. The lowest BCUT2D eigenvalue weighted by atomic mass is 9.97. The zero-order valence-corrected chi connectivity index (χ0v) is 9.86. The van der Waals surface area contributed by atoms with Crippen LogP contribution in [-0.4, -0.2) is 37.8 Å². The van der Waals surface area contributed by atoms with Crippen molar-refractivity contribution in [3.8, 4) is 11.5 Å². The van der Waals surface area contributed by atoms with Gasteiger partial charge in [-0.15, -0.1) is 0 Å². The van der Waals surface area contributed by atoms with Crippen molar-refractivity contribution in [3.05, 3.63) is 23.3 Å². The van der Waals surface area contributed by atoms with Crippen LogP contribution in [0.3, 0.4) is 0 Å². The summed E-state index contributed by atoms with van der Waals surface area (Å²) in [6.07, 6.45) is -0.450. The molecule has 0 spiro atoms. The van der Waals surface area contributed by atoms with Gasteiger partial charge in [0.2, 0.25) is 0 Å². The largest absolute Gasteiger partial charge is 0.493 e. The van der Waals surface area contributed by atoms with E-state index in [1.807, 2.05) is 19.2 Å². The highest BCUT2D eigenvalue weighted by atomic mass is 16.5. The molecular formula is C12H17NO3. The van der Waals surface area contributed by atoms with E-state index in [1.165, 1.54) is 0 Å². The first-order valence-electron chi connectivity index (χ1n) is 5.27. The van der Waals surface area contributed by atoms with Crippen molar-refractivity contribution >= 4 is 0 Å². The molecule has 1 aliphatic heterocycles. The molecule has 0 amide bonds. The summed E-state index contributed by atoms with van der Waals surface area (Å²) in [6, 6.07) is 3.80. The molecule has 1 atom stereocenters. The number of nitrogens with zero attached hydrogens (tertiary/aromatic N) is 1. The molecule has 4 nitrogen and oxygen atoms in total. The van der Waals surface area contributed by atoms with Gasteiger partial charge in [0.05, 0.1) is 20.3 Å². The molecule has 0 bridgehead atoms. The highest BCUT2D eigenvalue weighted by molar-refractivity contribution is 5.48. The lowest BCUT2D eigenvalue weighted by molar-refractivity contribution is 0.107. The molecule has 0 saturated heterocycles. The molecule has 1 N–H and O–H groups in total. The van der Waals surface area contributed by atoms with Gasteiger partial charge in [-0.2, -0.15) is 0 Å². The van der Waals surface area contributed by atoms with Crippen LogP contribution < -0.4 is 9.47 Å². The van der Waals surface area contributed by atoms with E-state index in [2.05, 4.69) is 4.90 Å². The van der Waals surface area contributed by atoms with Gasteiger partial charge in [-0.3, -0.25) is 4.90 Å². The second-order valence-corrected chi connectivity index (χ2v) is 4.12. The van der Waals surface area contributed by atoms with Crippen molar-refractivity contribution in [2.75, 3.05) is 27.8 Å². The van der Waals surface area contributed by atoms with Crippen molar-refractivity contribution in [1.82, 2.24) is 4.90 Å². The molecule has 1 heterocycles. The number of hydrogen-bond donors (Lipinski definition) is 1. The number of methoxy groups -OCH3 is 2. The highest BCUT2D eigenvalue weighted by Gasteiger charge is 2.23. The van der Waals surface area contributed by atoms with Gasteiger partial charge in [0, 0.05) is 13.1 Å². The van der Waals surface area contributed by atoms with Gasteiger partial charge in [0.15, 0.2) is 11.5 Å². The molecule has 1 aromatic carbocycles. The molecule has 0 saturated carbocycles. The Kier molecular flexibility index (Phi) is 3.03. The van der Waals surface area contributed by atoms with Crippen molar-refractivity contribution in [2.24, 2.45) is 0 Å². The number of aliphatic hydroxyl groups is 1. The van der Waals surface area contributed by atoms with Crippen LogP contribution >= 0.6 is 0 Å². The number of aliphatic hydroxyl groups excluding tert-OH is 1. The van der Waals surface area contributed by atoms with Crippen molar-refractivity contribution in [3.63, 3.8) is 0 Å². The summed E-state index contributed by atoms with van der Waals surface area (Å²) in [5, 5.41) is 9.98. The van der Waals surface area contributed by atoms with E-state index in [4.69, 9.17) is 9.47 Å². The molecule has 0 radical (unpaired) electrons. The molecule has 2 rings (SSSR count). The number of benzene rings is 1. The summed E-state index contributed by atoms with van der Waals surface area (Å²) in [4.78, 5) is 2.08. The average molecular weight is 223 g/mol. The van der Waals surface area contributed by atoms with Crippen LogP contribution in [0, 0.1) is 0 Å². The summed E-state index contributed by atoms with van der Waals surface area (Å²) < 4.78 is 10.5. The SMILES string of the molecule is COc1cc2c(cc1OC)C(O)CN(C)C2. The van der Waals surface area contributed by atoms with Gasteiger partial charge < -0.3 is 14.6 Å². The Hall–Kier alpha value is -1.26. The first kappa shape index (κ1) is 11.2. The quantitative estimate of drug-likeness (QED) is 0.817. The van der Waals surface area contributed by atoms with Gasteiger partial charge >= 0.3 is 0 Å². The first-order chi connectivity index (χ1) is 7.65. The maximum atomic E-state index is 9.98. The van der Waals surface area contributed by atoms with Crippen LogP contribution in [0.25, 0.3) is 0 Å². The molecule has 0 aliphatic carbocycles. The number of rotatable bonds is 2. The predicted octanol–water partition coefficient (Wildman–Crippen LogP) is 1.18. The third kappa shape index (κ3) is 1.86. The highest BCUT2D eigenvalue weighted by Crippen LogP contribution is 2.36. The second kappa shape index (κ2) is 4.31. The van der Waals surface area contributed by atoms with Crippen molar-refractivity contribution in [1.29, 1.82) is 0 Å². The molecule has 16 heavy (non-hydrogen) atoms. The van der Waals surface area contributed by atoms with Gasteiger partial charge in [-0.25, -0.2) is 0 Å². The fourth-order valence-corrected chi connectivity index (χ4v) is 2.13. The van der Waals surface area contributed by atoms with Crippen LogP contribution in [0.1, 0.15) is 17.2 Å². The summed E-state index contributed by atoms with van der Waals surface area (Å²) in [7, 11) is 5.21. The minimum Gasteiger partial charge on any atom is -0.493 e. The molecule has 88 valence electrons. The smallest absolute Gasteiger partial charge is 0.161 e. The number of fused-ring (bicyclic) bond motifs is 1. The Morgan fingerprint density at radius 2 is 1.88 bits per heavy atom. The summed E-state index contributed by atoms with van der Waals surface area (Å²) in [5.41, 5.74) is 2.04. The molecule has 4 heteroatoms. The van der Waals surface area contributed by atoms with Gasteiger partial charge in [0.1, 0.15) is 0 Å². The Morgan fingerprint density at radius 3 is 2.50 bits per heavy atom. The topological polar surface area (TPSA) is 41.9 Å². The van der Waals surface area contributed by atoms with E-state index < -0.39 is 6.10 Å². The minimum absolute atomic E-state index is 0.450. The monoisotopic (exact) mass is 223 g/mol. The summed E-state index contributed by atoms with van der Waals surface area (Å²) in [6.45, 7) is 1.48. The van der Waals surface area contributed by atoms with E-state index in [9.17, 15) is 5.11 Å². The third-order valence-electron chi connectivity index (χ3n) is 2.93. The zero-order chi connectivity index (χ0) is 11.7. The summed E-state index contributed by atoms with van der Waals surface area (Å²) in [5.74, 6) is 1.38. The molecule has 1 unspecified atom stereocenters. The first-order valence-corrected chi connectivity index (χ1v) is 5.27. The molecule has 0 fully saturated rings. The lowest BCUT2D eigenvalue weighted by Crippen LogP contribution is -2.30. The van der Waals surface area contributed by atoms with Crippen LogP contribution in [0.15, 0.2) is 12.1 Å². The van der Waals surface area contributed by atoms with Crippen LogP contribution in [-0.2, 0) is 6.54 Å². The van der Waals surface area contributed by atoms with Crippen LogP contribution in [0.4, 0.5) is 0 Å². The number of ether oxygens (including phenoxy) is 2. The Bertz CT molecular complexity index is 392. The van der Waals surface area contributed by atoms with Crippen LogP contribution in [0.5, 0.6) is 11.5 Å². The van der Waals surface area contributed by atoms with E-state index in [-0.39, 0.29) is 0 Å². The number of hydrogen-bond acceptors (Lipinski definition) is 4. The fourth-order valence-electron chi connectivity index (χ4n) is 2.13. The minimum atomic E-state index is -0.450. The van der Waals surface area contributed by atoms with Gasteiger partial charge in [-0.1, -0.05) is 0 Å². The Labute approximate surface area is 95.4 Å². The predicted molar refractivity (Wildman–Crippen MR) is 60.8 cm³/mol. The lowest BCUT2D eigenvalue weighted by Gasteiger charge is -2.29. The van der Waals surface area contributed by atoms with E-state index >= 15 is 0 Å². The zero-order valence-electron chi connectivity index (χ0n) is 9.86. The Morgan fingerprint density at radius 1 is 1.25 bits per heavy atom. The standard InChI is InChI=1S/C12H17NO3/c1-13-6-8-4-11(15-2)12(16-3)5-9(8)10(14)7-13/h4-5,10,14H,6-7H2,1-3H3. The third-order valence-corrected chi connectivity index (χ3v) is 2.93. The summed E-state index contributed by atoms with van der Waals surface area (Å²) >= 11 is 0. The molecule has 1 aromatic rings. The molecule has 1 aliphatic rings. The second-order valence-electron chi connectivity index (χ2n) is 4.12. The van der Waals surface area contributed by atoms with Crippen molar-refractivity contribution in [2.45, 2.75) is 12.6 Å². The fraction of sp³-hybridized carbons (Fsp3) is 0.500. The normalized spacial score (nSPS) is 20.4. The van der Waals surface area contributed by atoms with E-state index in [0.29, 0.717) is 18.0 Å². The Balaban J connectivity index is 2.47. The van der Waals surface area contributed by atoms with Crippen LogP contribution in [0.2, 0.25) is 0 Å². The number of likely N-dealkylation sites (N-methyl/N-ethyl adjacent to an activating group) is 1. The van der Waals surface area contributed by atoms with Gasteiger partial charge in [0.25, 0.3) is 0 Å². The van der Waals surface area contributed by atoms with Crippen molar-refractivity contribution < 1.29 is 14.6 Å².